The van der Waals surface area contributed by atoms with Gasteiger partial charge >= 0.3 is 5.97 Å². The molecule has 0 aromatic carbocycles. The van der Waals surface area contributed by atoms with Crippen LogP contribution in [0.3, 0.4) is 0 Å². The van der Waals surface area contributed by atoms with Gasteiger partial charge in [0.1, 0.15) is 12.7 Å². The number of aliphatic hydroxyl groups is 3. The monoisotopic (exact) mass is 454 g/mol. The first-order valence-electron chi connectivity index (χ1n) is 12.4. The molecule has 4 atom stereocenters. The molecular formula is C26H46O6. The summed E-state index contributed by atoms with van der Waals surface area (Å²) >= 11 is 0. The van der Waals surface area contributed by atoms with E-state index in [2.05, 4.69) is 27.7 Å². The number of aliphatic hydroxyl groups excluding tert-OH is 3. The number of rotatable bonds is 17. The quantitative estimate of drug-likeness (QED) is 0.200. The summed E-state index contributed by atoms with van der Waals surface area (Å²) in [6.45, 7) is 10.9. The number of allylic oxidation sites excluding steroid dienone is 1. The number of cyclic esters (lactones) is 1. The van der Waals surface area contributed by atoms with E-state index in [-0.39, 0.29) is 12.4 Å². The molecule has 1 heterocycles. The van der Waals surface area contributed by atoms with Gasteiger partial charge in [0, 0.05) is 0 Å². The second kappa shape index (κ2) is 15.3. The van der Waals surface area contributed by atoms with E-state index < -0.39 is 30.5 Å². The van der Waals surface area contributed by atoms with E-state index in [1.807, 2.05) is 13.0 Å². The Labute approximate surface area is 194 Å². The summed E-state index contributed by atoms with van der Waals surface area (Å²) in [5.41, 5.74) is 1.18. The zero-order chi connectivity index (χ0) is 24.1. The maximum atomic E-state index is 11.5. The number of hydrogen-bond donors (Lipinski definition) is 3. The van der Waals surface area contributed by atoms with E-state index >= 15 is 0 Å². The highest BCUT2D eigenvalue weighted by molar-refractivity contribution is 5.89. The Kier molecular flexibility index (Phi) is 13.7. The molecule has 0 spiro atoms. The van der Waals surface area contributed by atoms with Crippen LogP contribution in [0.4, 0.5) is 0 Å². The van der Waals surface area contributed by atoms with Crippen LogP contribution in [0.1, 0.15) is 92.4 Å². The van der Waals surface area contributed by atoms with Gasteiger partial charge in [0.25, 0.3) is 0 Å². The zero-order valence-corrected chi connectivity index (χ0v) is 20.8. The van der Waals surface area contributed by atoms with Gasteiger partial charge in [-0.3, -0.25) is 0 Å². The second-order valence-corrected chi connectivity index (χ2v) is 10.0. The number of esters is 1. The van der Waals surface area contributed by atoms with Crippen LogP contribution in [-0.2, 0) is 14.3 Å². The highest BCUT2D eigenvalue weighted by Gasteiger charge is 2.40. The summed E-state index contributed by atoms with van der Waals surface area (Å²) in [6, 6.07) is 0. The molecule has 1 aliphatic heterocycles. The highest BCUT2D eigenvalue weighted by Crippen LogP contribution is 2.25. The third-order valence-corrected chi connectivity index (χ3v) is 6.27. The van der Waals surface area contributed by atoms with Gasteiger partial charge in [-0.15, -0.1) is 0 Å². The van der Waals surface area contributed by atoms with E-state index in [0.29, 0.717) is 0 Å². The Hall–Kier alpha value is -1.53. The smallest absolute Gasteiger partial charge is 0.378 e. The summed E-state index contributed by atoms with van der Waals surface area (Å²) < 4.78 is 10.3. The molecule has 0 fully saturated rings. The van der Waals surface area contributed by atoms with Gasteiger partial charge in [-0.2, -0.15) is 0 Å². The lowest BCUT2D eigenvalue weighted by Crippen LogP contribution is -2.32. The van der Waals surface area contributed by atoms with Crippen molar-refractivity contribution >= 4 is 5.97 Å². The minimum atomic E-state index is -1.33. The molecule has 186 valence electrons. The highest BCUT2D eigenvalue weighted by atomic mass is 16.6. The van der Waals surface area contributed by atoms with E-state index in [4.69, 9.17) is 14.6 Å². The van der Waals surface area contributed by atoms with Crippen molar-refractivity contribution in [1.29, 1.82) is 0 Å². The molecule has 0 bridgehead atoms. The van der Waals surface area contributed by atoms with Gasteiger partial charge in [0.15, 0.2) is 11.9 Å². The number of carbonyl (C=O) groups excluding carboxylic acids is 1. The lowest BCUT2D eigenvalue weighted by atomic mass is 9.91. The van der Waals surface area contributed by atoms with Crippen LogP contribution < -0.4 is 0 Å². The molecule has 6 nitrogen and oxygen atoms in total. The van der Waals surface area contributed by atoms with E-state index in [0.717, 1.165) is 30.6 Å². The van der Waals surface area contributed by atoms with Gasteiger partial charge in [-0.05, 0) is 43.6 Å². The third-order valence-electron chi connectivity index (χ3n) is 6.27. The maximum Gasteiger partial charge on any atom is 0.378 e. The molecule has 0 saturated carbocycles. The van der Waals surface area contributed by atoms with E-state index in [1.54, 1.807) is 0 Å². The first-order chi connectivity index (χ1) is 15.1. The fourth-order valence-electron chi connectivity index (χ4n) is 4.04. The average Bonchev–Trinajstić information content (AvgIpc) is 3.01. The zero-order valence-electron chi connectivity index (χ0n) is 20.8. The van der Waals surface area contributed by atoms with Crippen molar-refractivity contribution in [2.45, 2.75) is 105 Å². The largest absolute Gasteiger partial charge is 0.499 e. The number of hydrogen-bond acceptors (Lipinski definition) is 6. The van der Waals surface area contributed by atoms with Gasteiger partial charge < -0.3 is 24.8 Å². The topological polar surface area (TPSA) is 96.2 Å². The fraction of sp³-hybridized carbons (Fsp3) is 0.808. The molecule has 6 heteroatoms. The Bertz CT molecular complexity index is 609. The van der Waals surface area contributed by atoms with Crippen LogP contribution in [0.15, 0.2) is 23.2 Å². The van der Waals surface area contributed by atoms with Crippen LogP contribution in [0.25, 0.3) is 0 Å². The maximum absolute atomic E-state index is 11.5. The minimum Gasteiger partial charge on any atom is -0.499 e. The third kappa shape index (κ3) is 10.9. The average molecular weight is 455 g/mol. The van der Waals surface area contributed by atoms with Crippen molar-refractivity contribution in [2.75, 3.05) is 13.2 Å². The Morgan fingerprint density at radius 1 is 1.03 bits per heavy atom. The minimum absolute atomic E-state index is 0.118. The van der Waals surface area contributed by atoms with Gasteiger partial charge in [0.2, 0.25) is 5.76 Å². The molecule has 1 aliphatic rings. The molecule has 32 heavy (non-hydrogen) atoms. The predicted molar refractivity (Wildman–Crippen MR) is 127 cm³/mol. The molecule has 0 radical (unpaired) electrons. The van der Waals surface area contributed by atoms with Crippen LogP contribution in [-0.4, -0.2) is 46.7 Å². The molecule has 1 rings (SSSR count). The summed E-state index contributed by atoms with van der Waals surface area (Å²) in [7, 11) is 0. The van der Waals surface area contributed by atoms with Crippen molar-refractivity contribution in [3.8, 4) is 0 Å². The van der Waals surface area contributed by atoms with Gasteiger partial charge in [-0.1, -0.05) is 78.2 Å². The van der Waals surface area contributed by atoms with Gasteiger partial charge in [0.05, 0.1) is 6.61 Å². The molecule has 0 aromatic heterocycles. The predicted octanol–water partition coefficient (Wildman–Crippen LogP) is 5.44. The number of ether oxygens (including phenoxy) is 2. The molecule has 3 N–H and O–H groups in total. The van der Waals surface area contributed by atoms with Crippen molar-refractivity contribution < 1.29 is 29.6 Å². The molecule has 0 aromatic rings. The second-order valence-electron chi connectivity index (χ2n) is 10.0. The van der Waals surface area contributed by atoms with Crippen LogP contribution in [0, 0.1) is 17.8 Å². The normalized spacial score (nSPS) is 19.9. The SMILES string of the molecule is C/C(=C\COC1=C(O)C(=O)OC1C(O)CO)CCCC(C)CCCC(C)CCCC(C)C. The van der Waals surface area contributed by atoms with Crippen molar-refractivity contribution in [2.24, 2.45) is 17.8 Å². The molecular weight excluding hydrogens is 408 g/mol. The standard InChI is InChI=1S/C26H46O6/c1-18(2)9-6-10-19(3)11-7-12-20(4)13-8-14-21(5)15-16-31-25-23(29)26(30)32-24(25)22(28)17-27/h15,18-20,22,24,27-29H,6-14,16-17H2,1-5H3/b21-15+. The molecule has 0 saturated heterocycles. The lowest BCUT2D eigenvalue weighted by molar-refractivity contribution is -0.148. The van der Waals surface area contributed by atoms with Crippen LogP contribution in [0.5, 0.6) is 0 Å². The van der Waals surface area contributed by atoms with Crippen molar-refractivity contribution in [1.82, 2.24) is 0 Å². The fourth-order valence-corrected chi connectivity index (χ4v) is 4.04. The Morgan fingerprint density at radius 3 is 2.16 bits per heavy atom. The van der Waals surface area contributed by atoms with Crippen LogP contribution in [0.2, 0.25) is 0 Å². The molecule has 4 unspecified atom stereocenters. The number of carbonyl (C=O) groups is 1. The lowest BCUT2D eigenvalue weighted by Gasteiger charge is -2.18. The first-order valence-corrected chi connectivity index (χ1v) is 12.4. The summed E-state index contributed by atoms with van der Waals surface area (Å²) in [6.07, 6.45) is 10.7. The summed E-state index contributed by atoms with van der Waals surface area (Å²) in [4.78, 5) is 11.5. The summed E-state index contributed by atoms with van der Waals surface area (Å²) in [5, 5.41) is 28.6. The van der Waals surface area contributed by atoms with Crippen molar-refractivity contribution in [3.05, 3.63) is 23.2 Å². The Morgan fingerprint density at radius 2 is 1.59 bits per heavy atom. The van der Waals surface area contributed by atoms with E-state index in [9.17, 15) is 15.0 Å². The Balaban J connectivity index is 2.23. The first kappa shape index (κ1) is 28.5. The van der Waals surface area contributed by atoms with Crippen LogP contribution >= 0.6 is 0 Å². The van der Waals surface area contributed by atoms with E-state index in [1.165, 1.54) is 50.5 Å². The molecule has 0 amide bonds. The summed E-state index contributed by atoms with van der Waals surface area (Å²) in [5.74, 6) is 0.666. The van der Waals surface area contributed by atoms with Gasteiger partial charge in [-0.25, -0.2) is 4.79 Å². The van der Waals surface area contributed by atoms with Crippen molar-refractivity contribution in [3.63, 3.8) is 0 Å². The molecule has 0 aliphatic carbocycles.